The van der Waals surface area contributed by atoms with Crippen LogP contribution in [0, 0.1) is 0 Å². The van der Waals surface area contributed by atoms with Crippen LogP contribution < -0.4 is 10.9 Å². The van der Waals surface area contributed by atoms with Crippen molar-refractivity contribution in [3.05, 3.63) is 65.7 Å². The van der Waals surface area contributed by atoms with Gasteiger partial charge in [0.2, 0.25) is 0 Å². The number of nitrogens with zero attached hydrogens (tertiary/aromatic N) is 1. The molecule has 0 radical (unpaired) electrons. The van der Waals surface area contributed by atoms with E-state index in [1.54, 1.807) is 0 Å². The molecule has 0 saturated heterocycles. The van der Waals surface area contributed by atoms with Crippen molar-refractivity contribution in [3.8, 4) is 0 Å². The lowest BCUT2D eigenvalue weighted by Crippen LogP contribution is -2.38. The number of fused-ring (bicyclic) bond motifs is 1. The van der Waals surface area contributed by atoms with Gasteiger partial charge in [-0.2, -0.15) is 0 Å². The Morgan fingerprint density at radius 1 is 0.941 bits per heavy atom. The first-order valence-corrected chi connectivity index (χ1v) is 6.03. The Morgan fingerprint density at radius 3 is 2.47 bits per heavy atom. The molecule has 0 aliphatic carbocycles. The molecule has 1 aliphatic rings. The molecule has 17 heavy (non-hydrogen) atoms. The van der Waals surface area contributed by atoms with Crippen LogP contribution in [0.25, 0.3) is 0 Å². The number of hydrogen-bond donors (Lipinski definition) is 1. The van der Waals surface area contributed by atoms with E-state index in [4.69, 9.17) is 5.84 Å². The molecular weight excluding hydrogens is 208 g/mol. The average Bonchev–Trinajstić information content (AvgIpc) is 2.40. The number of benzene rings is 2. The zero-order valence-corrected chi connectivity index (χ0v) is 9.71. The normalized spacial score (nSPS) is 18.9. The van der Waals surface area contributed by atoms with Gasteiger partial charge in [-0.05, 0) is 30.0 Å². The lowest BCUT2D eigenvalue weighted by atomic mass is 9.93. The average molecular weight is 224 g/mol. The van der Waals surface area contributed by atoms with Crippen molar-refractivity contribution in [2.45, 2.75) is 18.9 Å². The largest absolute Gasteiger partial charge is 0.303 e. The molecule has 0 bridgehead atoms. The number of aryl methyl sites for hydroxylation is 1. The van der Waals surface area contributed by atoms with Gasteiger partial charge < -0.3 is 5.01 Å². The van der Waals surface area contributed by atoms with Crippen LogP contribution in [-0.2, 0) is 6.42 Å². The van der Waals surface area contributed by atoms with Crippen LogP contribution in [0.2, 0.25) is 0 Å². The van der Waals surface area contributed by atoms with Crippen LogP contribution in [0.1, 0.15) is 23.6 Å². The summed E-state index contributed by atoms with van der Waals surface area (Å²) < 4.78 is 0. The van der Waals surface area contributed by atoms with E-state index < -0.39 is 0 Å². The molecule has 0 fully saturated rings. The topological polar surface area (TPSA) is 29.3 Å². The third-order valence-electron chi connectivity index (χ3n) is 3.48. The number of rotatable bonds is 1. The maximum atomic E-state index is 6.26. The second kappa shape index (κ2) is 4.22. The minimum Gasteiger partial charge on any atom is -0.303 e. The molecule has 0 amide bonds. The second-order valence-electron chi connectivity index (χ2n) is 4.50. The van der Waals surface area contributed by atoms with Gasteiger partial charge in [0.1, 0.15) is 0 Å². The van der Waals surface area contributed by atoms with E-state index in [9.17, 15) is 0 Å². The Kier molecular flexibility index (Phi) is 2.57. The molecule has 1 heterocycles. The van der Waals surface area contributed by atoms with E-state index in [2.05, 4.69) is 42.5 Å². The van der Waals surface area contributed by atoms with Crippen LogP contribution in [0.15, 0.2) is 54.6 Å². The number of nitrogens with two attached hydrogens (primary N) is 1. The highest BCUT2D eigenvalue weighted by Crippen LogP contribution is 2.35. The summed E-state index contributed by atoms with van der Waals surface area (Å²) in [6.45, 7) is 0. The molecule has 2 N–H and O–H groups in total. The first-order chi connectivity index (χ1) is 8.36. The minimum atomic E-state index is 0.297. The molecule has 1 aliphatic heterocycles. The van der Waals surface area contributed by atoms with Gasteiger partial charge in [-0.25, -0.2) is 5.84 Å². The van der Waals surface area contributed by atoms with Crippen molar-refractivity contribution in [2.24, 2.45) is 5.84 Å². The lowest BCUT2D eigenvalue weighted by molar-refractivity contribution is 0.560. The summed E-state index contributed by atoms with van der Waals surface area (Å²) in [7, 11) is 0. The van der Waals surface area contributed by atoms with Gasteiger partial charge in [-0.15, -0.1) is 0 Å². The van der Waals surface area contributed by atoms with Gasteiger partial charge in [0.25, 0.3) is 0 Å². The van der Waals surface area contributed by atoms with Crippen molar-refractivity contribution in [1.82, 2.24) is 0 Å². The van der Waals surface area contributed by atoms with Crippen LogP contribution in [0.4, 0.5) is 5.69 Å². The molecule has 1 atom stereocenters. The van der Waals surface area contributed by atoms with Gasteiger partial charge in [-0.3, -0.25) is 0 Å². The van der Waals surface area contributed by atoms with E-state index in [0.717, 1.165) is 18.5 Å². The molecule has 2 aromatic rings. The zero-order chi connectivity index (χ0) is 11.7. The molecule has 2 nitrogen and oxygen atoms in total. The molecule has 3 rings (SSSR count). The summed E-state index contributed by atoms with van der Waals surface area (Å²) in [4.78, 5) is 0. The smallest absolute Gasteiger partial charge is 0.0705 e. The number of hydrazine groups is 1. The van der Waals surface area contributed by atoms with Crippen LogP contribution in [-0.4, -0.2) is 0 Å². The number of para-hydroxylation sites is 1. The van der Waals surface area contributed by atoms with Crippen molar-refractivity contribution >= 4 is 5.69 Å². The van der Waals surface area contributed by atoms with Crippen molar-refractivity contribution in [3.63, 3.8) is 0 Å². The quantitative estimate of drug-likeness (QED) is 0.754. The SMILES string of the molecule is NN1c2ccccc2CC[C@H]1c1ccccc1. The summed E-state index contributed by atoms with van der Waals surface area (Å²) in [5, 5.41) is 1.91. The maximum absolute atomic E-state index is 6.26. The van der Waals surface area contributed by atoms with Crippen molar-refractivity contribution in [1.29, 1.82) is 0 Å². The molecule has 2 aromatic carbocycles. The molecule has 2 heteroatoms. The molecule has 86 valence electrons. The summed E-state index contributed by atoms with van der Waals surface area (Å²) in [6, 6.07) is 19.2. The fourth-order valence-electron chi connectivity index (χ4n) is 2.58. The van der Waals surface area contributed by atoms with E-state index in [0.29, 0.717) is 6.04 Å². The third kappa shape index (κ3) is 1.81. The third-order valence-corrected chi connectivity index (χ3v) is 3.48. The first kappa shape index (κ1) is 10.4. The standard InChI is InChI=1S/C15H16N2/c16-17-14-9-5-4-8-13(14)10-11-15(17)12-6-2-1-3-7-12/h1-9,15H,10-11,16H2/t15-/m0/s1. The Hall–Kier alpha value is -1.80. The highest BCUT2D eigenvalue weighted by molar-refractivity contribution is 5.56. The van der Waals surface area contributed by atoms with Gasteiger partial charge in [0.15, 0.2) is 0 Å². The number of hydrogen-bond acceptors (Lipinski definition) is 2. The minimum absolute atomic E-state index is 0.297. The van der Waals surface area contributed by atoms with E-state index in [1.807, 2.05) is 17.1 Å². The second-order valence-corrected chi connectivity index (χ2v) is 4.50. The maximum Gasteiger partial charge on any atom is 0.0705 e. The predicted octanol–water partition coefficient (Wildman–Crippen LogP) is 3.05. The van der Waals surface area contributed by atoms with E-state index in [1.165, 1.54) is 11.1 Å². The molecule has 0 saturated carbocycles. The van der Waals surface area contributed by atoms with Crippen LogP contribution >= 0.6 is 0 Å². The number of anilines is 1. The monoisotopic (exact) mass is 224 g/mol. The van der Waals surface area contributed by atoms with E-state index >= 15 is 0 Å². The fraction of sp³-hybridized carbons (Fsp3) is 0.200. The molecule has 0 spiro atoms. The summed E-state index contributed by atoms with van der Waals surface area (Å²) in [5.74, 6) is 6.26. The highest BCUT2D eigenvalue weighted by atomic mass is 15.4. The Morgan fingerprint density at radius 2 is 1.65 bits per heavy atom. The van der Waals surface area contributed by atoms with Crippen LogP contribution in [0.5, 0.6) is 0 Å². The first-order valence-electron chi connectivity index (χ1n) is 6.03. The molecule has 0 aromatic heterocycles. The van der Waals surface area contributed by atoms with Crippen LogP contribution in [0.3, 0.4) is 0 Å². The Bertz CT molecular complexity index is 507. The molecule has 0 unspecified atom stereocenters. The zero-order valence-electron chi connectivity index (χ0n) is 9.71. The van der Waals surface area contributed by atoms with Gasteiger partial charge >= 0.3 is 0 Å². The summed E-state index contributed by atoms with van der Waals surface area (Å²) >= 11 is 0. The summed E-state index contributed by atoms with van der Waals surface area (Å²) in [5.41, 5.74) is 3.80. The summed E-state index contributed by atoms with van der Waals surface area (Å²) in [6.07, 6.45) is 2.18. The highest BCUT2D eigenvalue weighted by Gasteiger charge is 2.24. The van der Waals surface area contributed by atoms with Gasteiger partial charge in [0.05, 0.1) is 11.7 Å². The molecular formula is C15H16N2. The van der Waals surface area contributed by atoms with Crippen molar-refractivity contribution < 1.29 is 0 Å². The van der Waals surface area contributed by atoms with E-state index in [-0.39, 0.29) is 0 Å². The van der Waals surface area contributed by atoms with Gasteiger partial charge in [-0.1, -0.05) is 48.5 Å². The Balaban J connectivity index is 1.97. The Labute approximate surface area is 102 Å². The van der Waals surface area contributed by atoms with Crippen molar-refractivity contribution in [2.75, 3.05) is 5.01 Å². The lowest BCUT2D eigenvalue weighted by Gasteiger charge is -2.35. The fourth-order valence-corrected chi connectivity index (χ4v) is 2.58. The predicted molar refractivity (Wildman–Crippen MR) is 70.6 cm³/mol. The van der Waals surface area contributed by atoms with Gasteiger partial charge in [0, 0.05) is 0 Å².